The topological polar surface area (TPSA) is 66.5 Å². The minimum atomic E-state index is -3.69. The smallest absolute Gasteiger partial charge is 0.240 e. The lowest BCUT2D eigenvalue weighted by Crippen LogP contribution is -2.41. The molecule has 1 amide bonds. The largest absolute Gasteiger partial charge is 0.354 e. The van der Waals surface area contributed by atoms with E-state index in [0.717, 1.165) is 21.9 Å². The van der Waals surface area contributed by atoms with Gasteiger partial charge < -0.3 is 5.32 Å². The highest BCUT2D eigenvalue weighted by Gasteiger charge is 2.23. The maximum atomic E-state index is 12.2. The quantitative estimate of drug-likeness (QED) is 0.537. The molecular weight excluding hydrogens is 463 g/mol. The van der Waals surface area contributed by atoms with Gasteiger partial charge in [-0.3, -0.25) is 9.10 Å². The first-order chi connectivity index (χ1) is 13.2. The van der Waals surface area contributed by atoms with Crippen LogP contribution in [0.2, 0.25) is 15.1 Å². The molecule has 0 unspecified atom stereocenters. The van der Waals surface area contributed by atoms with E-state index in [2.05, 4.69) is 5.32 Å². The number of hydrogen-bond acceptors (Lipinski definition) is 4. The Kier molecular flexibility index (Phi) is 8.77. The van der Waals surface area contributed by atoms with Gasteiger partial charge in [0.05, 0.1) is 17.0 Å². The Morgan fingerprint density at radius 2 is 1.71 bits per heavy atom. The fourth-order valence-corrected chi connectivity index (χ4v) is 4.66. The van der Waals surface area contributed by atoms with E-state index in [0.29, 0.717) is 22.3 Å². The zero-order valence-electron chi connectivity index (χ0n) is 15.0. The van der Waals surface area contributed by atoms with Gasteiger partial charge in [0.25, 0.3) is 0 Å². The first kappa shape index (κ1) is 23.2. The van der Waals surface area contributed by atoms with Crippen LogP contribution >= 0.6 is 46.6 Å². The van der Waals surface area contributed by atoms with Crippen molar-refractivity contribution >= 4 is 68.2 Å². The average molecular weight is 482 g/mol. The normalized spacial score (nSPS) is 11.3. The zero-order chi connectivity index (χ0) is 20.7. The molecule has 0 atom stereocenters. The average Bonchev–Trinajstić information content (AvgIpc) is 2.61. The second-order valence-corrected chi connectivity index (χ2v) is 10.2. The number of carbonyl (C=O) groups is 1. The predicted molar refractivity (Wildman–Crippen MR) is 119 cm³/mol. The van der Waals surface area contributed by atoms with E-state index in [1.165, 1.54) is 18.2 Å². The van der Waals surface area contributed by atoms with E-state index in [1.54, 1.807) is 11.8 Å². The van der Waals surface area contributed by atoms with Crippen molar-refractivity contribution in [3.63, 3.8) is 0 Å². The molecule has 0 aromatic heterocycles. The van der Waals surface area contributed by atoms with Crippen molar-refractivity contribution in [3.05, 3.63) is 63.1 Å². The van der Waals surface area contributed by atoms with Gasteiger partial charge in [-0.2, -0.15) is 11.8 Å². The van der Waals surface area contributed by atoms with Crippen LogP contribution in [0.25, 0.3) is 0 Å². The van der Waals surface area contributed by atoms with E-state index in [9.17, 15) is 13.2 Å². The number of rotatable bonds is 9. The minimum Gasteiger partial charge on any atom is -0.354 e. The van der Waals surface area contributed by atoms with Crippen LogP contribution in [0.15, 0.2) is 42.5 Å². The van der Waals surface area contributed by atoms with Gasteiger partial charge in [-0.15, -0.1) is 0 Å². The Labute approximate surface area is 184 Å². The molecule has 2 rings (SSSR count). The van der Waals surface area contributed by atoms with Crippen LogP contribution in [-0.4, -0.2) is 39.4 Å². The number of amides is 1. The van der Waals surface area contributed by atoms with Crippen molar-refractivity contribution in [1.82, 2.24) is 5.32 Å². The van der Waals surface area contributed by atoms with Gasteiger partial charge in [-0.25, -0.2) is 8.42 Å². The maximum absolute atomic E-state index is 12.2. The molecule has 1 N–H and O–H groups in total. The summed E-state index contributed by atoms with van der Waals surface area (Å²) in [6.07, 6.45) is 1.02. The van der Waals surface area contributed by atoms with Crippen LogP contribution in [0.1, 0.15) is 5.56 Å². The maximum Gasteiger partial charge on any atom is 0.240 e. The molecule has 5 nitrogen and oxygen atoms in total. The molecule has 0 saturated carbocycles. The lowest BCUT2D eigenvalue weighted by atomic mass is 10.2. The van der Waals surface area contributed by atoms with E-state index in [4.69, 9.17) is 34.8 Å². The first-order valence-electron chi connectivity index (χ1n) is 8.18. The lowest BCUT2D eigenvalue weighted by Gasteiger charge is -2.23. The Bertz CT molecular complexity index is 922. The fraction of sp³-hybridized carbons (Fsp3) is 0.278. The number of carbonyl (C=O) groups excluding carboxylic acids is 1. The highest BCUT2D eigenvalue weighted by Crippen LogP contribution is 2.30. The third kappa shape index (κ3) is 7.37. The van der Waals surface area contributed by atoms with Crippen molar-refractivity contribution in [3.8, 4) is 0 Å². The summed E-state index contributed by atoms with van der Waals surface area (Å²) in [5.41, 5.74) is 1.35. The molecule has 0 radical (unpaired) electrons. The van der Waals surface area contributed by atoms with Crippen LogP contribution in [0.5, 0.6) is 0 Å². The van der Waals surface area contributed by atoms with E-state index in [-0.39, 0.29) is 17.3 Å². The highest BCUT2D eigenvalue weighted by molar-refractivity contribution is 7.98. The Morgan fingerprint density at radius 3 is 2.32 bits per heavy atom. The van der Waals surface area contributed by atoms with Crippen molar-refractivity contribution in [2.75, 3.05) is 29.4 Å². The third-order valence-corrected chi connectivity index (χ3v) is 6.56. The minimum absolute atomic E-state index is 0.157. The highest BCUT2D eigenvalue weighted by atomic mass is 35.5. The summed E-state index contributed by atoms with van der Waals surface area (Å²) in [5, 5.41) is 3.95. The van der Waals surface area contributed by atoms with Crippen LogP contribution < -0.4 is 9.62 Å². The second-order valence-electron chi connectivity index (χ2n) is 5.89. The first-order valence-corrected chi connectivity index (χ1v) is 12.3. The molecule has 28 heavy (non-hydrogen) atoms. The summed E-state index contributed by atoms with van der Waals surface area (Å²) in [6, 6.07) is 12.0. The number of sulfonamides is 1. The van der Waals surface area contributed by atoms with Crippen molar-refractivity contribution in [2.24, 2.45) is 0 Å². The van der Waals surface area contributed by atoms with Crippen LogP contribution in [0.3, 0.4) is 0 Å². The number of thioether (sulfide) groups is 1. The van der Waals surface area contributed by atoms with E-state index in [1.807, 2.05) is 24.3 Å². The molecular formula is C18H19Cl3N2O3S2. The van der Waals surface area contributed by atoms with Crippen molar-refractivity contribution in [1.29, 1.82) is 0 Å². The predicted octanol–water partition coefficient (Wildman–Crippen LogP) is 4.46. The number of hydrogen-bond donors (Lipinski definition) is 1. The molecule has 2 aromatic carbocycles. The summed E-state index contributed by atoms with van der Waals surface area (Å²) in [7, 11) is -3.69. The molecule has 0 saturated heterocycles. The number of nitrogens with one attached hydrogen (secondary N) is 1. The van der Waals surface area contributed by atoms with Gasteiger partial charge in [-0.1, -0.05) is 46.9 Å². The van der Waals surface area contributed by atoms with E-state index < -0.39 is 15.9 Å². The van der Waals surface area contributed by atoms with Gasteiger partial charge in [0.15, 0.2) is 0 Å². The standard InChI is InChI=1S/C18H19Cl3N2O3S2/c1-28(25,26)23(17-7-6-15(20)10-16(17)21)11-18(24)22-8-9-27-12-13-2-4-14(19)5-3-13/h2-7,10H,8-9,11-12H2,1H3,(H,22,24). The molecule has 0 aliphatic rings. The molecule has 10 heteroatoms. The summed E-state index contributed by atoms with van der Waals surface area (Å²) in [4.78, 5) is 12.2. The number of nitrogens with zero attached hydrogens (tertiary/aromatic N) is 1. The van der Waals surface area contributed by atoms with Crippen molar-refractivity contribution < 1.29 is 13.2 Å². The Hall–Kier alpha value is -1.12. The lowest BCUT2D eigenvalue weighted by molar-refractivity contribution is -0.119. The summed E-state index contributed by atoms with van der Waals surface area (Å²) in [6.45, 7) is 0.0606. The number of halogens is 3. The molecule has 0 heterocycles. The van der Waals surface area contributed by atoms with Gasteiger partial charge in [-0.05, 0) is 35.9 Å². The number of benzene rings is 2. The van der Waals surface area contributed by atoms with Gasteiger partial charge >= 0.3 is 0 Å². The van der Waals surface area contributed by atoms with Crippen LogP contribution in [0.4, 0.5) is 5.69 Å². The molecule has 0 aliphatic carbocycles. The van der Waals surface area contributed by atoms with Gasteiger partial charge in [0.2, 0.25) is 15.9 Å². The number of anilines is 1. The molecule has 0 aliphatic heterocycles. The molecule has 0 fully saturated rings. The summed E-state index contributed by atoms with van der Waals surface area (Å²) < 4.78 is 25.2. The molecule has 0 bridgehead atoms. The Morgan fingerprint density at radius 1 is 1.07 bits per heavy atom. The van der Waals surface area contributed by atoms with Crippen LogP contribution in [0, 0.1) is 0 Å². The van der Waals surface area contributed by atoms with Crippen LogP contribution in [-0.2, 0) is 20.6 Å². The summed E-state index contributed by atoms with van der Waals surface area (Å²) >= 11 is 19.4. The molecule has 152 valence electrons. The summed E-state index contributed by atoms with van der Waals surface area (Å²) in [5.74, 6) is 1.07. The zero-order valence-corrected chi connectivity index (χ0v) is 18.9. The molecule has 2 aromatic rings. The third-order valence-electron chi connectivity index (χ3n) is 3.62. The molecule has 0 spiro atoms. The monoisotopic (exact) mass is 480 g/mol. The SMILES string of the molecule is CS(=O)(=O)N(CC(=O)NCCSCc1ccc(Cl)cc1)c1ccc(Cl)cc1Cl. The Balaban J connectivity index is 1.85. The fourth-order valence-electron chi connectivity index (χ4n) is 2.28. The van der Waals surface area contributed by atoms with E-state index >= 15 is 0 Å². The van der Waals surface area contributed by atoms with Gasteiger partial charge in [0, 0.05) is 28.1 Å². The van der Waals surface area contributed by atoms with Crippen molar-refractivity contribution in [2.45, 2.75) is 5.75 Å². The van der Waals surface area contributed by atoms with Gasteiger partial charge in [0.1, 0.15) is 6.54 Å². The second kappa shape index (κ2) is 10.6.